The minimum absolute atomic E-state index is 0.0407. The Bertz CT molecular complexity index is 905. The molecule has 0 aliphatic rings. The second-order valence-corrected chi connectivity index (χ2v) is 8.07. The van der Waals surface area contributed by atoms with E-state index in [2.05, 4.69) is 55.6 Å². The second-order valence-electron chi connectivity index (χ2n) is 6.65. The molecule has 0 aliphatic carbocycles. The maximum Gasteiger partial charge on any atom is 0.237 e. The van der Waals surface area contributed by atoms with Crippen molar-refractivity contribution in [2.45, 2.75) is 43.3 Å². The lowest BCUT2D eigenvalue weighted by atomic mass is 9.97. The fourth-order valence-electron chi connectivity index (χ4n) is 2.99. The molecule has 2 atom stereocenters. The second kappa shape index (κ2) is 8.41. The number of anilines is 1. The summed E-state index contributed by atoms with van der Waals surface area (Å²) in [5, 5.41) is 5.38. The average Bonchev–Trinajstić information content (AvgIpc) is 2.67. The summed E-state index contributed by atoms with van der Waals surface area (Å²) in [6.45, 7) is 6.32. The molecular formula is C23H25NOS. The van der Waals surface area contributed by atoms with Crippen molar-refractivity contribution >= 4 is 34.1 Å². The van der Waals surface area contributed by atoms with Crippen molar-refractivity contribution in [3.05, 3.63) is 72.3 Å². The number of thioether (sulfide) groups is 1. The van der Waals surface area contributed by atoms with Gasteiger partial charge in [-0.2, -0.15) is 0 Å². The largest absolute Gasteiger partial charge is 0.325 e. The van der Waals surface area contributed by atoms with Crippen molar-refractivity contribution in [3.8, 4) is 0 Å². The van der Waals surface area contributed by atoms with Gasteiger partial charge in [0, 0.05) is 10.6 Å². The first-order chi connectivity index (χ1) is 12.6. The van der Waals surface area contributed by atoms with Crippen LogP contribution in [-0.2, 0) is 4.79 Å². The van der Waals surface area contributed by atoms with Crippen LogP contribution in [-0.4, -0.2) is 11.2 Å². The van der Waals surface area contributed by atoms with Crippen LogP contribution in [0.2, 0.25) is 0 Å². The molecule has 3 aromatic rings. The molecule has 3 aromatic carbocycles. The summed E-state index contributed by atoms with van der Waals surface area (Å²) in [6.07, 6.45) is 1.05. The van der Waals surface area contributed by atoms with Gasteiger partial charge in [-0.3, -0.25) is 4.79 Å². The molecule has 3 rings (SSSR count). The maximum atomic E-state index is 12.7. The van der Waals surface area contributed by atoms with E-state index >= 15 is 0 Å². The Morgan fingerprint density at radius 1 is 0.962 bits per heavy atom. The highest BCUT2D eigenvalue weighted by Gasteiger charge is 2.17. The molecule has 0 saturated heterocycles. The number of amides is 1. The summed E-state index contributed by atoms with van der Waals surface area (Å²) in [4.78, 5) is 13.8. The fraction of sp³-hybridized carbons (Fsp3) is 0.261. The molecule has 1 amide bonds. The van der Waals surface area contributed by atoms with Gasteiger partial charge in [-0.05, 0) is 53.8 Å². The Balaban J connectivity index is 1.71. The summed E-state index contributed by atoms with van der Waals surface area (Å²) in [5.74, 6) is 0.467. The van der Waals surface area contributed by atoms with E-state index in [0.717, 1.165) is 17.0 Å². The van der Waals surface area contributed by atoms with Gasteiger partial charge in [-0.15, -0.1) is 11.8 Å². The molecule has 0 aliphatic heterocycles. The van der Waals surface area contributed by atoms with Gasteiger partial charge in [-0.25, -0.2) is 0 Å². The van der Waals surface area contributed by atoms with E-state index in [0.29, 0.717) is 5.92 Å². The highest BCUT2D eigenvalue weighted by atomic mass is 32.2. The zero-order valence-corrected chi connectivity index (χ0v) is 16.3. The Hall–Kier alpha value is -2.26. The first-order valence-electron chi connectivity index (χ1n) is 9.13. The van der Waals surface area contributed by atoms with Crippen molar-refractivity contribution in [1.82, 2.24) is 0 Å². The lowest BCUT2D eigenvalue weighted by Crippen LogP contribution is -2.23. The standard InChI is InChI=1S/C23H25NOS/c1-4-16(2)21-11-7-8-12-22(21)24-23(25)17(3)26-20-14-13-18-9-5-6-10-19(18)15-20/h5-17H,4H2,1-3H3,(H,24,25)/t16-,17+/m0/s1. The van der Waals surface area contributed by atoms with Crippen LogP contribution in [0.15, 0.2) is 71.6 Å². The summed E-state index contributed by atoms with van der Waals surface area (Å²) >= 11 is 1.59. The minimum atomic E-state index is -0.166. The van der Waals surface area contributed by atoms with Crippen molar-refractivity contribution in [3.63, 3.8) is 0 Å². The Morgan fingerprint density at radius 3 is 2.42 bits per heavy atom. The molecule has 0 unspecified atom stereocenters. The van der Waals surface area contributed by atoms with E-state index in [1.165, 1.54) is 16.3 Å². The highest BCUT2D eigenvalue weighted by Crippen LogP contribution is 2.30. The topological polar surface area (TPSA) is 29.1 Å². The van der Waals surface area contributed by atoms with E-state index in [1.807, 2.05) is 37.3 Å². The number of carbonyl (C=O) groups excluding carboxylic acids is 1. The first-order valence-corrected chi connectivity index (χ1v) is 10.0. The zero-order chi connectivity index (χ0) is 18.5. The summed E-state index contributed by atoms with van der Waals surface area (Å²) in [6, 6.07) is 22.7. The van der Waals surface area contributed by atoms with E-state index in [1.54, 1.807) is 11.8 Å². The van der Waals surface area contributed by atoms with Crippen LogP contribution in [0.25, 0.3) is 10.8 Å². The van der Waals surface area contributed by atoms with Gasteiger partial charge in [0.1, 0.15) is 0 Å². The van der Waals surface area contributed by atoms with Crippen LogP contribution in [0.4, 0.5) is 5.69 Å². The Labute approximate surface area is 160 Å². The molecule has 0 saturated carbocycles. The Kier molecular flexibility index (Phi) is 6.00. The van der Waals surface area contributed by atoms with Crippen LogP contribution >= 0.6 is 11.8 Å². The van der Waals surface area contributed by atoms with Gasteiger partial charge in [0.15, 0.2) is 0 Å². The van der Waals surface area contributed by atoms with Crippen molar-refractivity contribution < 1.29 is 4.79 Å². The summed E-state index contributed by atoms with van der Waals surface area (Å²) in [7, 11) is 0. The van der Waals surface area contributed by atoms with Crippen molar-refractivity contribution in [1.29, 1.82) is 0 Å². The monoisotopic (exact) mass is 363 g/mol. The van der Waals surface area contributed by atoms with Crippen LogP contribution in [0.1, 0.15) is 38.7 Å². The maximum absolute atomic E-state index is 12.7. The molecule has 0 fully saturated rings. The van der Waals surface area contributed by atoms with Gasteiger partial charge in [-0.1, -0.05) is 62.4 Å². The van der Waals surface area contributed by atoms with E-state index in [9.17, 15) is 4.79 Å². The number of rotatable bonds is 6. The predicted octanol–water partition coefficient (Wildman–Crippen LogP) is 6.47. The molecule has 0 bridgehead atoms. The molecule has 1 N–H and O–H groups in total. The van der Waals surface area contributed by atoms with E-state index in [4.69, 9.17) is 0 Å². The number of hydrogen-bond donors (Lipinski definition) is 1. The molecule has 2 nitrogen and oxygen atoms in total. The quantitative estimate of drug-likeness (QED) is 0.508. The average molecular weight is 364 g/mol. The van der Waals surface area contributed by atoms with Crippen LogP contribution in [0.3, 0.4) is 0 Å². The first kappa shape index (κ1) is 18.5. The zero-order valence-electron chi connectivity index (χ0n) is 15.5. The normalized spacial score (nSPS) is 13.3. The van der Waals surface area contributed by atoms with Crippen molar-refractivity contribution in [2.24, 2.45) is 0 Å². The summed E-state index contributed by atoms with van der Waals surface area (Å²) < 4.78 is 0. The third-order valence-corrected chi connectivity index (χ3v) is 5.86. The number of benzene rings is 3. The van der Waals surface area contributed by atoms with Gasteiger partial charge in [0.05, 0.1) is 5.25 Å². The fourth-order valence-corrected chi connectivity index (χ4v) is 3.91. The lowest BCUT2D eigenvalue weighted by molar-refractivity contribution is -0.115. The van der Waals surface area contributed by atoms with Gasteiger partial charge >= 0.3 is 0 Å². The number of carbonyl (C=O) groups is 1. The predicted molar refractivity (Wildman–Crippen MR) is 113 cm³/mol. The minimum Gasteiger partial charge on any atom is -0.325 e. The highest BCUT2D eigenvalue weighted by molar-refractivity contribution is 8.00. The number of nitrogens with one attached hydrogen (secondary N) is 1. The lowest BCUT2D eigenvalue weighted by Gasteiger charge is -2.18. The smallest absolute Gasteiger partial charge is 0.237 e. The van der Waals surface area contributed by atoms with Gasteiger partial charge < -0.3 is 5.32 Å². The SMILES string of the molecule is CC[C@H](C)c1ccccc1NC(=O)[C@@H](C)Sc1ccc2ccccc2c1. The van der Waals surface area contributed by atoms with Crippen LogP contribution in [0.5, 0.6) is 0 Å². The molecule has 0 radical (unpaired) electrons. The molecular weight excluding hydrogens is 338 g/mol. The third-order valence-electron chi connectivity index (χ3n) is 4.76. The number of para-hydroxylation sites is 1. The van der Waals surface area contributed by atoms with E-state index in [-0.39, 0.29) is 11.2 Å². The molecule has 26 heavy (non-hydrogen) atoms. The number of fused-ring (bicyclic) bond motifs is 1. The molecule has 0 heterocycles. The van der Waals surface area contributed by atoms with Gasteiger partial charge in [0.2, 0.25) is 5.91 Å². The third kappa shape index (κ3) is 4.28. The summed E-state index contributed by atoms with van der Waals surface area (Å²) in [5.41, 5.74) is 2.13. The van der Waals surface area contributed by atoms with Crippen LogP contribution < -0.4 is 5.32 Å². The molecule has 134 valence electrons. The van der Waals surface area contributed by atoms with E-state index < -0.39 is 0 Å². The van der Waals surface area contributed by atoms with Crippen LogP contribution in [0, 0.1) is 0 Å². The van der Waals surface area contributed by atoms with Gasteiger partial charge in [0.25, 0.3) is 0 Å². The molecule has 0 aromatic heterocycles. The van der Waals surface area contributed by atoms with Crippen molar-refractivity contribution in [2.75, 3.05) is 5.32 Å². The molecule has 3 heteroatoms. The molecule has 0 spiro atoms. The number of hydrogen-bond acceptors (Lipinski definition) is 2. The Morgan fingerprint density at radius 2 is 1.65 bits per heavy atom.